The molecule has 0 radical (unpaired) electrons. The highest BCUT2D eigenvalue weighted by molar-refractivity contribution is 5.96. The van der Waals surface area contributed by atoms with Gasteiger partial charge in [0.2, 0.25) is 17.6 Å². The number of aryl methyl sites for hydroxylation is 3. The summed E-state index contributed by atoms with van der Waals surface area (Å²) >= 11 is 0. The first-order chi connectivity index (χ1) is 12.9. The summed E-state index contributed by atoms with van der Waals surface area (Å²) < 4.78 is 19.0. The minimum atomic E-state index is -0.281. The quantitative estimate of drug-likeness (QED) is 0.693. The van der Waals surface area contributed by atoms with Gasteiger partial charge < -0.3 is 9.42 Å². The standard InChI is InChI=1S/C21H20FN3O2/c1-12-4-5-13(2)17(8-12)20-23-21(27-24-20)15-10-19(26)25(11-15)16-6-7-18(22)14(3)9-16/h4-9,15H,10-11H2,1-3H3. The first-order valence-corrected chi connectivity index (χ1v) is 8.90. The van der Waals surface area contributed by atoms with Gasteiger partial charge in [-0.15, -0.1) is 0 Å². The van der Waals surface area contributed by atoms with E-state index in [9.17, 15) is 9.18 Å². The predicted octanol–water partition coefficient (Wildman–Crippen LogP) is 4.32. The average Bonchev–Trinajstić information content (AvgIpc) is 3.26. The summed E-state index contributed by atoms with van der Waals surface area (Å²) in [5, 5.41) is 4.12. The van der Waals surface area contributed by atoms with Crippen molar-refractivity contribution in [2.45, 2.75) is 33.1 Å². The molecule has 2 aromatic carbocycles. The minimum Gasteiger partial charge on any atom is -0.339 e. The third-order valence-corrected chi connectivity index (χ3v) is 5.00. The second-order valence-corrected chi connectivity index (χ2v) is 7.11. The number of carbonyl (C=O) groups excluding carboxylic acids is 1. The smallest absolute Gasteiger partial charge is 0.232 e. The van der Waals surface area contributed by atoms with E-state index in [-0.39, 0.29) is 17.6 Å². The van der Waals surface area contributed by atoms with Crippen LogP contribution in [0.5, 0.6) is 0 Å². The number of benzene rings is 2. The number of aromatic nitrogens is 2. The second kappa shape index (κ2) is 6.61. The molecule has 1 aliphatic heterocycles. The maximum atomic E-state index is 13.5. The molecule has 138 valence electrons. The van der Waals surface area contributed by atoms with Crippen LogP contribution in [0.1, 0.15) is 34.9 Å². The van der Waals surface area contributed by atoms with Crippen LogP contribution in [0, 0.1) is 26.6 Å². The number of amides is 1. The highest BCUT2D eigenvalue weighted by Gasteiger charge is 2.35. The maximum absolute atomic E-state index is 13.5. The monoisotopic (exact) mass is 365 g/mol. The zero-order chi connectivity index (χ0) is 19.1. The van der Waals surface area contributed by atoms with E-state index in [2.05, 4.69) is 10.1 Å². The van der Waals surface area contributed by atoms with E-state index < -0.39 is 0 Å². The Labute approximate surface area is 156 Å². The van der Waals surface area contributed by atoms with Gasteiger partial charge in [0.05, 0.1) is 5.92 Å². The highest BCUT2D eigenvalue weighted by Crippen LogP contribution is 2.33. The number of hydrogen-bond donors (Lipinski definition) is 0. The van der Waals surface area contributed by atoms with Gasteiger partial charge in [0.15, 0.2) is 0 Å². The Bertz CT molecular complexity index is 1030. The van der Waals surface area contributed by atoms with Crippen LogP contribution in [0.2, 0.25) is 0 Å². The lowest BCUT2D eigenvalue weighted by Crippen LogP contribution is -2.24. The molecule has 1 aliphatic rings. The van der Waals surface area contributed by atoms with E-state index in [4.69, 9.17) is 4.52 Å². The molecule has 4 rings (SSSR count). The number of halogens is 1. The van der Waals surface area contributed by atoms with Crippen molar-refractivity contribution in [2.75, 3.05) is 11.4 Å². The van der Waals surface area contributed by atoms with E-state index in [0.717, 1.165) is 16.7 Å². The Morgan fingerprint density at radius 2 is 1.93 bits per heavy atom. The van der Waals surface area contributed by atoms with Crippen LogP contribution in [0.4, 0.5) is 10.1 Å². The molecule has 1 atom stereocenters. The zero-order valence-electron chi connectivity index (χ0n) is 15.5. The summed E-state index contributed by atoms with van der Waals surface area (Å²) in [6.45, 7) is 6.15. The van der Waals surface area contributed by atoms with Crippen molar-refractivity contribution in [1.29, 1.82) is 0 Å². The molecule has 0 bridgehead atoms. The van der Waals surface area contributed by atoms with E-state index in [1.807, 2.05) is 32.0 Å². The fourth-order valence-corrected chi connectivity index (χ4v) is 3.41. The van der Waals surface area contributed by atoms with E-state index in [1.165, 1.54) is 6.07 Å². The topological polar surface area (TPSA) is 59.2 Å². The molecular weight excluding hydrogens is 345 g/mol. The van der Waals surface area contributed by atoms with Crippen LogP contribution >= 0.6 is 0 Å². The SMILES string of the molecule is Cc1ccc(C)c(-c2noc(C3CC(=O)N(c4ccc(F)c(C)c4)C3)n2)c1. The minimum absolute atomic E-state index is 0.0301. The number of nitrogens with zero attached hydrogens (tertiary/aromatic N) is 3. The van der Waals surface area contributed by atoms with Gasteiger partial charge in [-0.3, -0.25) is 4.79 Å². The molecule has 5 nitrogen and oxygen atoms in total. The Kier molecular flexibility index (Phi) is 4.26. The molecule has 1 unspecified atom stereocenters. The predicted molar refractivity (Wildman–Crippen MR) is 100 cm³/mol. The molecule has 0 saturated carbocycles. The van der Waals surface area contributed by atoms with Crippen LogP contribution in [0.3, 0.4) is 0 Å². The van der Waals surface area contributed by atoms with Crippen molar-refractivity contribution in [3.63, 3.8) is 0 Å². The van der Waals surface area contributed by atoms with Crippen molar-refractivity contribution in [3.05, 3.63) is 64.8 Å². The lowest BCUT2D eigenvalue weighted by atomic mass is 10.1. The van der Waals surface area contributed by atoms with Gasteiger partial charge in [0, 0.05) is 24.2 Å². The average molecular weight is 365 g/mol. The van der Waals surface area contributed by atoms with E-state index in [1.54, 1.807) is 24.0 Å². The normalized spacial score (nSPS) is 17.0. The van der Waals surface area contributed by atoms with Gasteiger partial charge in [-0.2, -0.15) is 4.98 Å². The van der Waals surface area contributed by atoms with Crippen LogP contribution in [0.25, 0.3) is 11.4 Å². The third kappa shape index (κ3) is 3.23. The molecule has 27 heavy (non-hydrogen) atoms. The molecule has 1 aromatic heterocycles. The van der Waals surface area contributed by atoms with Crippen molar-refractivity contribution >= 4 is 11.6 Å². The van der Waals surface area contributed by atoms with Gasteiger partial charge in [-0.1, -0.05) is 22.9 Å². The van der Waals surface area contributed by atoms with Gasteiger partial charge in [-0.25, -0.2) is 4.39 Å². The van der Waals surface area contributed by atoms with Crippen LogP contribution in [-0.4, -0.2) is 22.6 Å². The molecule has 1 fully saturated rings. The lowest BCUT2D eigenvalue weighted by Gasteiger charge is -2.16. The summed E-state index contributed by atoms with van der Waals surface area (Å²) in [4.78, 5) is 18.7. The van der Waals surface area contributed by atoms with Gasteiger partial charge in [0.1, 0.15) is 5.82 Å². The molecule has 3 aromatic rings. The van der Waals surface area contributed by atoms with Crippen LogP contribution < -0.4 is 4.90 Å². The lowest BCUT2D eigenvalue weighted by molar-refractivity contribution is -0.117. The Morgan fingerprint density at radius 3 is 2.70 bits per heavy atom. The van der Waals surface area contributed by atoms with Crippen molar-refractivity contribution in [2.24, 2.45) is 0 Å². The summed E-state index contributed by atoms with van der Waals surface area (Å²) in [7, 11) is 0. The first kappa shape index (κ1) is 17.4. The summed E-state index contributed by atoms with van der Waals surface area (Å²) in [6.07, 6.45) is 0.296. The number of carbonyl (C=O) groups is 1. The fraction of sp³-hybridized carbons (Fsp3) is 0.286. The Hall–Kier alpha value is -3.02. The number of anilines is 1. The number of hydrogen-bond acceptors (Lipinski definition) is 4. The molecule has 0 aliphatic carbocycles. The number of rotatable bonds is 3. The van der Waals surface area contributed by atoms with Crippen molar-refractivity contribution in [1.82, 2.24) is 10.1 Å². The fourth-order valence-electron chi connectivity index (χ4n) is 3.41. The van der Waals surface area contributed by atoms with Gasteiger partial charge in [0.25, 0.3) is 0 Å². The van der Waals surface area contributed by atoms with Gasteiger partial charge >= 0.3 is 0 Å². The maximum Gasteiger partial charge on any atom is 0.232 e. The van der Waals surface area contributed by atoms with Crippen LogP contribution in [-0.2, 0) is 4.79 Å². The first-order valence-electron chi connectivity index (χ1n) is 8.90. The highest BCUT2D eigenvalue weighted by atomic mass is 19.1. The van der Waals surface area contributed by atoms with E-state index >= 15 is 0 Å². The van der Waals surface area contributed by atoms with Gasteiger partial charge in [-0.05, 0) is 56.2 Å². The summed E-state index contributed by atoms with van der Waals surface area (Å²) in [6, 6.07) is 10.8. The Balaban J connectivity index is 1.58. The molecule has 1 saturated heterocycles. The van der Waals surface area contributed by atoms with Crippen molar-refractivity contribution < 1.29 is 13.7 Å². The molecule has 0 N–H and O–H groups in total. The molecule has 1 amide bonds. The molecule has 6 heteroatoms. The Morgan fingerprint density at radius 1 is 1.11 bits per heavy atom. The molecular formula is C21H20FN3O2. The zero-order valence-corrected chi connectivity index (χ0v) is 15.5. The third-order valence-electron chi connectivity index (χ3n) is 5.00. The van der Waals surface area contributed by atoms with Crippen molar-refractivity contribution in [3.8, 4) is 11.4 Å². The second-order valence-electron chi connectivity index (χ2n) is 7.11. The summed E-state index contributed by atoms with van der Waals surface area (Å²) in [5.74, 6) is 0.513. The summed E-state index contributed by atoms with van der Waals surface area (Å²) in [5.41, 5.74) is 4.32. The van der Waals surface area contributed by atoms with Crippen LogP contribution in [0.15, 0.2) is 40.9 Å². The largest absolute Gasteiger partial charge is 0.339 e. The molecule has 2 heterocycles. The van der Waals surface area contributed by atoms with E-state index in [0.29, 0.717) is 35.9 Å². The molecule has 0 spiro atoms.